The van der Waals surface area contributed by atoms with Crippen molar-refractivity contribution in [3.8, 4) is 0 Å². The summed E-state index contributed by atoms with van der Waals surface area (Å²) in [6.07, 6.45) is 1.49. The number of halogens is 1. The summed E-state index contributed by atoms with van der Waals surface area (Å²) >= 11 is 2.24. The number of carbonyl (C=O) groups is 1. The van der Waals surface area contributed by atoms with Crippen LogP contribution in [0.2, 0.25) is 0 Å². The summed E-state index contributed by atoms with van der Waals surface area (Å²) in [5.41, 5.74) is 1.95. The van der Waals surface area contributed by atoms with E-state index in [0.29, 0.717) is 0 Å². The first-order chi connectivity index (χ1) is 6.63. The molecule has 0 saturated carbocycles. The molecular weight excluding hydrogens is 291 g/mol. The highest BCUT2D eigenvalue weighted by Gasteiger charge is 1.99. The van der Waals surface area contributed by atoms with Crippen LogP contribution in [0.15, 0.2) is 30.3 Å². The lowest BCUT2D eigenvalue weighted by atomic mass is 10.1. The van der Waals surface area contributed by atoms with Gasteiger partial charge in [0.1, 0.15) is 0 Å². The SMILES string of the molecule is COC(=O)/C=C(\C)c1ccc(I)cc1. The van der Waals surface area contributed by atoms with Crippen molar-refractivity contribution >= 4 is 34.1 Å². The second kappa shape index (κ2) is 5.14. The van der Waals surface area contributed by atoms with Crippen LogP contribution < -0.4 is 0 Å². The normalized spacial score (nSPS) is 11.2. The van der Waals surface area contributed by atoms with Gasteiger partial charge < -0.3 is 4.74 Å². The van der Waals surface area contributed by atoms with E-state index in [0.717, 1.165) is 11.1 Å². The molecule has 0 aromatic heterocycles. The zero-order valence-electron chi connectivity index (χ0n) is 8.08. The number of carbonyl (C=O) groups excluding carboxylic acids is 1. The molecule has 14 heavy (non-hydrogen) atoms. The molecule has 0 spiro atoms. The van der Waals surface area contributed by atoms with Crippen LogP contribution in [0.1, 0.15) is 12.5 Å². The summed E-state index contributed by atoms with van der Waals surface area (Å²) < 4.78 is 5.73. The van der Waals surface area contributed by atoms with E-state index in [9.17, 15) is 4.79 Å². The maximum atomic E-state index is 11.0. The zero-order chi connectivity index (χ0) is 10.6. The Morgan fingerprint density at radius 2 is 1.93 bits per heavy atom. The lowest BCUT2D eigenvalue weighted by molar-refractivity contribution is -0.134. The summed E-state index contributed by atoms with van der Waals surface area (Å²) in [4.78, 5) is 11.0. The van der Waals surface area contributed by atoms with E-state index in [1.807, 2.05) is 31.2 Å². The van der Waals surface area contributed by atoms with Crippen LogP contribution in [-0.4, -0.2) is 13.1 Å². The summed E-state index contributed by atoms with van der Waals surface area (Å²) in [7, 11) is 1.38. The van der Waals surface area contributed by atoms with Crippen molar-refractivity contribution in [2.75, 3.05) is 7.11 Å². The van der Waals surface area contributed by atoms with Crippen LogP contribution in [0.5, 0.6) is 0 Å². The lowest BCUT2D eigenvalue weighted by Gasteiger charge is -2.00. The van der Waals surface area contributed by atoms with Crippen molar-refractivity contribution < 1.29 is 9.53 Å². The molecule has 0 saturated heterocycles. The Balaban J connectivity index is 2.89. The quantitative estimate of drug-likeness (QED) is 0.477. The van der Waals surface area contributed by atoms with E-state index in [1.54, 1.807) is 0 Å². The molecule has 1 aromatic rings. The monoisotopic (exact) mass is 302 g/mol. The third kappa shape index (κ3) is 3.14. The number of methoxy groups -OCH3 is 1. The van der Waals surface area contributed by atoms with Gasteiger partial charge in [-0.1, -0.05) is 12.1 Å². The molecule has 0 amide bonds. The average molecular weight is 302 g/mol. The summed E-state index contributed by atoms with van der Waals surface area (Å²) in [6, 6.07) is 7.97. The predicted molar refractivity (Wildman–Crippen MR) is 64.8 cm³/mol. The van der Waals surface area contributed by atoms with E-state index in [-0.39, 0.29) is 5.97 Å². The van der Waals surface area contributed by atoms with E-state index >= 15 is 0 Å². The molecule has 0 aliphatic heterocycles. The molecule has 0 aliphatic rings. The summed E-state index contributed by atoms with van der Waals surface area (Å²) in [5.74, 6) is -0.318. The zero-order valence-corrected chi connectivity index (χ0v) is 10.2. The Morgan fingerprint density at radius 3 is 2.43 bits per heavy atom. The first-order valence-corrected chi connectivity index (χ1v) is 5.23. The number of allylic oxidation sites excluding steroid dienone is 1. The molecule has 0 fully saturated rings. The highest BCUT2D eigenvalue weighted by molar-refractivity contribution is 14.1. The van der Waals surface area contributed by atoms with Gasteiger partial charge in [0.25, 0.3) is 0 Å². The molecular formula is C11H11IO2. The molecule has 0 atom stereocenters. The van der Waals surface area contributed by atoms with Gasteiger partial charge in [-0.05, 0) is 52.8 Å². The smallest absolute Gasteiger partial charge is 0.330 e. The Morgan fingerprint density at radius 1 is 1.36 bits per heavy atom. The van der Waals surface area contributed by atoms with Gasteiger partial charge in [0.2, 0.25) is 0 Å². The van der Waals surface area contributed by atoms with Crippen molar-refractivity contribution in [2.24, 2.45) is 0 Å². The molecule has 1 rings (SSSR count). The molecule has 0 bridgehead atoms. The molecule has 0 radical (unpaired) electrons. The van der Waals surface area contributed by atoms with E-state index < -0.39 is 0 Å². The molecule has 74 valence electrons. The minimum Gasteiger partial charge on any atom is -0.466 e. The van der Waals surface area contributed by atoms with Crippen LogP contribution >= 0.6 is 22.6 Å². The third-order valence-corrected chi connectivity index (χ3v) is 2.55. The second-order valence-corrected chi connectivity index (χ2v) is 4.10. The molecule has 0 N–H and O–H groups in total. The molecule has 0 unspecified atom stereocenters. The van der Waals surface area contributed by atoms with Gasteiger partial charge in [-0.2, -0.15) is 0 Å². The number of ether oxygens (including phenoxy) is 1. The fraction of sp³-hybridized carbons (Fsp3) is 0.182. The maximum Gasteiger partial charge on any atom is 0.330 e. The molecule has 0 heterocycles. The highest BCUT2D eigenvalue weighted by atomic mass is 127. The van der Waals surface area contributed by atoms with E-state index in [1.165, 1.54) is 16.8 Å². The highest BCUT2D eigenvalue weighted by Crippen LogP contribution is 2.15. The minimum atomic E-state index is -0.318. The summed E-state index contributed by atoms with van der Waals surface area (Å²) in [5, 5.41) is 0. The second-order valence-electron chi connectivity index (χ2n) is 2.86. The van der Waals surface area contributed by atoms with E-state index in [2.05, 4.69) is 27.3 Å². The van der Waals surface area contributed by atoms with Crippen molar-refractivity contribution in [3.63, 3.8) is 0 Å². The van der Waals surface area contributed by atoms with Crippen LogP contribution in [0.3, 0.4) is 0 Å². The van der Waals surface area contributed by atoms with Crippen LogP contribution in [-0.2, 0) is 9.53 Å². The lowest BCUT2D eigenvalue weighted by Crippen LogP contribution is -1.95. The van der Waals surface area contributed by atoms with Crippen molar-refractivity contribution in [1.82, 2.24) is 0 Å². The minimum absolute atomic E-state index is 0.318. The number of hydrogen-bond donors (Lipinski definition) is 0. The molecule has 2 nitrogen and oxygen atoms in total. The average Bonchev–Trinajstić information content (AvgIpc) is 2.18. The number of benzene rings is 1. The van der Waals surface area contributed by atoms with E-state index in [4.69, 9.17) is 0 Å². The van der Waals surface area contributed by atoms with Gasteiger partial charge in [-0.25, -0.2) is 4.79 Å². The summed E-state index contributed by atoms with van der Waals surface area (Å²) in [6.45, 7) is 1.89. The largest absolute Gasteiger partial charge is 0.466 e. The fourth-order valence-electron chi connectivity index (χ4n) is 1.03. The number of hydrogen-bond acceptors (Lipinski definition) is 2. The van der Waals surface area contributed by atoms with Crippen molar-refractivity contribution in [1.29, 1.82) is 0 Å². The van der Waals surface area contributed by atoms with Crippen LogP contribution in [0.4, 0.5) is 0 Å². The Labute approximate surface area is 97.1 Å². The maximum absolute atomic E-state index is 11.0. The first kappa shape index (κ1) is 11.2. The van der Waals surface area contributed by atoms with Crippen LogP contribution in [0.25, 0.3) is 5.57 Å². The van der Waals surface area contributed by atoms with Gasteiger partial charge in [-0.15, -0.1) is 0 Å². The number of esters is 1. The van der Waals surface area contributed by atoms with Crippen molar-refractivity contribution in [2.45, 2.75) is 6.92 Å². The molecule has 1 aromatic carbocycles. The number of rotatable bonds is 2. The Hall–Kier alpha value is -0.840. The molecule has 3 heteroatoms. The van der Waals surface area contributed by atoms with Gasteiger partial charge >= 0.3 is 5.97 Å². The Kier molecular flexibility index (Phi) is 4.13. The van der Waals surface area contributed by atoms with Crippen molar-refractivity contribution in [3.05, 3.63) is 39.5 Å². The topological polar surface area (TPSA) is 26.3 Å². The van der Waals surface area contributed by atoms with Gasteiger partial charge in [-0.3, -0.25) is 0 Å². The standard InChI is InChI=1S/C11H11IO2/c1-8(7-11(13)14-2)9-3-5-10(12)6-4-9/h3-7H,1-2H3/b8-7+. The third-order valence-electron chi connectivity index (χ3n) is 1.84. The fourth-order valence-corrected chi connectivity index (χ4v) is 1.39. The van der Waals surface area contributed by atoms with Crippen LogP contribution in [0, 0.1) is 3.57 Å². The molecule has 0 aliphatic carbocycles. The first-order valence-electron chi connectivity index (χ1n) is 4.15. The Bertz CT molecular complexity index is 352. The van der Waals surface area contributed by atoms with Gasteiger partial charge in [0.05, 0.1) is 7.11 Å². The van der Waals surface area contributed by atoms with Gasteiger partial charge in [0.15, 0.2) is 0 Å². The predicted octanol–water partition coefficient (Wildman–Crippen LogP) is 2.87. The van der Waals surface area contributed by atoms with Gasteiger partial charge in [0, 0.05) is 9.65 Å².